The van der Waals surface area contributed by atoms with Crippen LogP contribution in [0.4, 0.5) is 0 Å². The van der Waals surface area contributed by atoms with Crippen LogP contribution in [-0.4, -0.2) is 46.8 Å². The van der Waals surface area contributed by atoms with Gasteiger partial charge in [-0.15, -0.1) is 0 Å². The maximum Gasteiger partial charge on any atom is 0.332 e. The highest BCUT2D eigenvalue weighted by Crippen LogP contribution is 2.31. The Morgan fingerprint density at radius 2 is 1.74 bits per heavy atom. The number of aromatic nitrogens is 4. The smallest absolute Gasteiger partial charge is 0.332 e. The van der Waals surface area contributed by atoms with Crippen molar-refractivity contribution in [2.45, 2.75) is 0 Å². The van der Waals surface area contributed by atoms with E-state index in [0.29, 0.717) is 28.5 Å². The van der Waals surface area contributed by atoms with E-state index in [1.165, 1.54) is 25.9 Å². The number of amides is 1. The fourth-order valence-electron chi connectivity index (χ4n) is 3.31. The van der Waals surface area contributed by atoms with Gasteiger partial charge in [0, 0.05) is 6.07 Å². The highest BCUT2D eigenvalue weighted by atomic mass is 16.5. The number of primary amides is 1. The molecule has 0 aliphatic rings. The second-order valence-corrected chi connectivity index (χ2v) is 6.46. The Kier molecular flexibility index (Phi) is 5.04. The topological polar surface area (TPSA) is 134 Å². The Hall–Kier alpha value is -4.34. The second kappa shape index (κ2) is 7.82. The summed E-state index contributed by atoms with van der Waals surface area (Å²) in [4.78, 5) is 36.5. The number of benzene rings is 2. The van der Waals surface area contributed by atoms with E-state index in [1.54, 1.807) is 42.5 Å². The third-order valence-corrected chi connectivity index (χ3v) is 4.75. The molecule has 0 bridgehead atoms. The summed E-state index contributed by atoms with van der Waals surface area (Å²) < 4.78 is 17.3. The van der Waals surface area contributed by atoms with Crippen LogP contribution in [0, 0.1) is 0 Å². The SMILES string of the molecule is COc1ccc(-n2c(=O)[nH]c3c(C(N)=O)nc(-c4ccccc4OC)nc32)c(OC)c1. The van der Waals surface area contributed by atoms with E-state index < -0.39 is 11.6 Å². The number of nitrogens with zero attached hydrogens (tertiary/aromatic N) is 3. The van der Waals surface area contributed by atoms with Gasteiger partial charge in [0.2, 0.25) is 0 Å². The normalized spacial score (nSPS) is 10.8. The number of nitrogens with one attached hydrogen (secondary N) is 1. The van der Waals surface area contributed by atoms with E-state index in [2.05, 4.69) is 15.0 Å². The van der Waals surface area contributed by atoms with Gasteiger partial charge in [-0.3, -0.25) is 4.79 Å². The van der Waals surface area contributed by atoms with Crippen LogP contribution in [0.25, 0.3) is 28.2 Å². The third kappa shape index (κ3) is 3.33. The van der Waals surface area contributed by atoms with E-state index >= 15 is 0 Å². The van der Waals surface area contributed by atoms with Crippen LogP contribution >= 0.6 is 0 Å². The van der Waals surface area contributed by atoms with E-state index in [9.17, 15) is 9.59 Å². The Labute approximate surface area is 176 Å². The van der Waals surface area contributed by atoms with Crippen molar-refractivity contribution < 1.29 is 19.0 Å². The summed E-state index contributed by atoms with van der Waals surface area (Å²) in [5.41, 5.74) is 6.13. The van der Waals surface area contributed by atoms with Crippen LogP contribution in [-0.2, 0) is 0 Å². The number of para-hydroxylation sites is 1. The van der Waals surface area contributed by atoms with Crippen molar-refractivity contribution in [2.75, 3.05) is 21.3 Å². The summed E-state index contributed by atoms with van der Waals surface area (Å²) in [5.74, 6) is 0.803. The molecular formula is C21H19N5O5. The largest absolute Gasteiger partial charge is 0.497 e. The Morgan fingerprint density at radius 3 is 2.42 bits per heavy atom. The molecule has 1 amide bonds. The number of aromatic amines is 1. The number of nitrogens with two attached hydrogens (primary N) is 1. The molecule has 0 saturated heterocycles. The van der Waals surface area contributed by atoms with Crippen LogP contribution in [0.2, 0.25) is 0 Å². The van der Waals surface area contributed by atoms with Gasteiger partial charge in [-0.2, -0.15) is 0 Å². The molecule has 0 radical (unpaired) electrons. The van der Waals surface area contributed by atoms with Crippen LogP contribution < -0.4 is 25.6 Å². The average Bonchev–Trinajstić information content (AvgIpc) is 3.13. The van der Waals surface area contributed by atoms with Crippen molar-refractivity contribution >= 4 is 17.1 Å². The molecule has 3 N–H and O–H groups in total. The van der Waals surface area contributed by atoms with Crippen LogP contribution in [0.3, 0.4) is 0 Å². The summed E-state index contributed by atoms with van der Waals surface area (Å²) >= 11 is 0. The minimum absolute atomic E-state index is 0.116. The zero-order valence-corrected chi connectivity index (χ0v) is 17.0. The van der Waals surface area contributed by atoms with E-state index in [4.69, 9.17) is 19.9 Å². The van der Waals surface area contributed by atoms with Crippen LogP contribution in [0.15, 0.2) is 47.3 Å². The average molecular weight is 421 g/mol. The van der Waals surface area contributed by atoms with Crippen molar-refractivity contribution in [1.29, 1.82) is 0 Å². The molecule has 0 spiro atoms. The van der Waals surface area contributed by atoms with Gasteiger partial charge in [0.05, 0.1) is 32.6 Å². The Morgan fingerprint density at radius 1 is 1.00 bits per heavy atom. The minimum Gasteiger partial charge on any atom is -0.497 e. The first-order chi connectivity index (χ1) is 15.0. The van der Waals surface area contributed by atoms with Gasteiger partial charge in [-0.25, -0.2) is 19.3 Å². The fourth-order valence-corrected chi connectivity index (χ4v) is 3.31. The molecule has 158 valence electrons. The molecule has 0 unspecified atom stereocenters. The van der Waals surface area contributed by atoms with E-state index in [0.717, 1.165) is 0 Å². The van der Waals surface area contributed by atoms with Crippen molar-refractivity contribution in [3.05, 3.63) is 58.6 Å². The molecule has 2 heterocycles. The maximum atomic E-state index is 12.9. The number of rotatable bonds is 6. The molecule has 10 nitrogen and oxygen atoms in total. The molecule has 2 aromatic heterocycles. The number of carbonyl (C=O) groups excluding carboxylic acids is 1. The lowest BCUT2D eigenvalue weighted by Gasteiger charge is -2.12. The predicted molar refractivity (Wildman–Crippen MR) is 113 cm³/mol. The number of ether oxygens (including phenoxy) is 3. The van der Waals surface area contributed by atoms with Gasteiger partial charge in [-0.1, -0.05) is 12.1 Å². The summed E-state index contributed by atoms with van der Waals surface area (Å²) in [6.45, 7) is 0. The lowest BCUT2D eigenvalue weighted by Crippen LogP contribution is -2.16. The van der Waals surface area contributed by atoms with Gasteiger partial charge in [0.1, 0.15) is 22.8 Å². The number of fused-ring (bicyclic) bond motifs is 1. The highest BCUT2D eigenvalue weighted by Gasteiger charge is 2.22. The first kappa shape index (κ1) is 20.0. The number of imidazole rings is 1. The lowest BCUT2D eigenvalue weighted by molar-refractivity contribution is 0.0997. The van der Waals surface area contributed by atoms with Gasteiger partial charge in [0.15, 0.2) is 17.2 Å². The van der Waals surface area contributed by atoms with Crippen molar-refractivity contribution in [1.82, 2.24) is 19.5 Å². The number of H-pyrrole nitrogens is 1. The zero-order chi connectivity index (χ0) is 22.1. The zero-order valence-electron chi connectivity index (χ0n) is 17.0. The molecule has 0 saturated carbocycles. The van der Waals surface area contributed by atoms with Gasteiger partial charge in [-0.05, 0) is 24.3 Å². The van der Waals surface area contributed by atoms with Gasteiger partial charge >= 0.3 is 5.69 Å². The summed E-state index contributed by atoms with van der Waals surface area (Å²) in [6.07, 6.45) is 0. The number of methoxy groups -OCH3 is 3. The van der Waals surface area contributed by atoms with Crippen molar-refractivity contribution in [3.8, 4) is 34.3 Å². The molecule has 4 rings (SSSR count). The fraction of sp³-hybridized carbons (Fsp3) is 0.143. The number of hydrogen-bond acceptors (Lipinski definition) is 7. The molecule has 31 heavy (non-hydrogen) atoms. The molecule has 0 atom stereocenters. The van der Waals surface area contributed by atoms with Gasteiger partial charge < -0.3 is 24.9 Å². The minimum atomic E-state index is -0.807. The molecular weight excluding hydrogens is 402 g/mol. The van der Waals surface area contributed by atoms with E-state index in [-0.39, 0.29) is 22.7 Å². The molecule has 0 aliphatic carbocycles. The van der Waals surface area contributed by atoms with Crippen molar-refractivity contribution in [3.63, 3.8) is 0 Å². The predicted octanol–water partition coefficient (Wildman–Crippen LogP) is 1.90. The number of hydrogen-bond donors (Lipinski definition) is 2. The van der Waals surface area contributed by atoms with Crippen LogP contribution in [0.1, 0.15) is 10.5 Å². The summed E-state index contributed by atoms with van der Waals surface area (Å²) in [6, 6.07) is 12.0. The second-order valence-electron chi connectivity index (χ2n) is 6.46. The third-order valence-electron chi connectivity index (χ3n) is 4.75. The monoisotopic (exact) mass is 421 g/mol. The molecule has 10 heteroatoms. The maximum absolute atomic E-state index is 12.9. The molecule has 0 fully saturated rings. The van der Waals surface area contributed by atoms with Crippen LogP contribution in [0.5, 0.6) is 17.2 Å². The quantitative estimate of drug-likeness (QED) is 0.485. The van der Waals surface area contributed by atoms with E-state index in [1.807, 2.05) is 0 Å². The standard InChI is InChI=1S/C21H19N5O5/c1-29-11-8-9-13(15(10-11)31-3)26-20-17(24-21(26)28)16(18(22)27)23-19(25-20)12-6-4-5-7-14(12)30-2/h4-10H,1-3H3,(H2,22,27)(H,24,28). The van der Waals surface area contributed by atoms with Gasteiger partial charge in [0.25, 0.3) is 5.91 Å². The highest BCUT2D eigenvalue weighted by molar-refractivity contribution is 6.02. The van der Waals surface area contributed by atoms with Crippen molar-refractivity contribution in [2.24, 2.45) is 5.73 Å². The summed E-state index contributed by atoms with van der Waals surface area (Å²) in [5, 5.41) is 0. The molecule has 2 aromatic carbocycles. The summed E-state index contributed by atoms with van der Waals surface area (Å²) in [7, 11) is 4.52. The first-order valence-electron chi connectivity index (χ1n) is 9.16. The molecule has 0 aliphatic heterocycles. The Bertz CT molecular complexity index is 1360. The Balaban J connectivity index is 2.07. The number of carbonyl (C=O) groups is 1. The molecule has 4 aromatic rings. The lowest BCUT2D eigenvalue weighted by atomic mass is 10.2. The first-order valence-corrected chi connectivity index (χ1v) is 9.16.